The fraction of sp³-hybridized carbons (Fsp3) is 0.263. The number of halogens is 3. The van der Waals surface area contributed by atoms with Crippen molar-refractivity contribution in [1.29, 1.82) is 5.41 Å². The highest BCUT2D eigenvalue weighted by atomic mass is 32.2. The van der Waals surface area contributed by atoms with Crippen LogP contribution in [0.1, 0.15) is 11.8 Å². The topological polar surface area (TPSA) is 96.3 Å². The average molecular weight is 460 g/mol. The molecule has 0 unspecified atom stereocenters. The zero-order valence-corrected chi connectivity index (χ0v) is 17.7. The largest absolute Gasteiger partial charge is 0.465 e. The molecule has 0 saturated carbocycles. The number of rotatable bonds is 8. The van der Waals surface area contributed by atoms with E-state index in [1.165, 1.54) is 18.2 Å². The predicted octanol–water partition coefficient (Wildman–Crippen LogP) is 3.89. The first kappa shape index (κ1) is 23.6. The molecule has 2 aromatic rings. The smallest absolute Gasteiger partial charge is 0.432 e. The van der Waals surface area contributed by atoms with E-state index in [1.807, 2.05) is 0 Å². The summed E-state index contributed by atoms with van der Waals surface area (Å²) < 4.78 is 66.8. The van der Waals surface area contributed by atoms with Gasteiger partial charge in [-0.05, 0) is 42.8 Å². The summed E-state index contributed by atoms with van der Waals surface area (Å²) in [5.41, 5.74) is -1.08. The third-order valence-electron chi connectivity index (χ3n) is 3.74. The summed E-state index contributed by atoms with van der Waals surface area (Å²) in [5.74, 6) is -0.653. The summed E-state index contributed by atoms with van der Waals surface area (Å²) in [6, 6.07) is 9.32. The lowest BCUT2D eigenvalue weighted by molar-refractivity contribution is -0.141. The standard InChI is InChI=1S/C19H19F3N2O4S2/c1-3-28-18(25)11-24-14(10-17(23)19(20,21)22)16-8-7-15(29-16)12-5-4-6-13(9-12)30(2,26)27/h4-10,23-24H,3,11H2,1-2H3/b14-10-,23-17?. The molecule has 0 fully saturated rings. The van der Waals surface area contributed by atoms with Crippen molar-refractivity contribution in [3.63, 3.8) is 0 Å². The van der Waals surface area contributed by atoms with Crippen molar-refractivity contribution >= 4 is 38.6 Å². The van der Waals surface area contributed by atoms with Gasteiger partial charge in [0.15, 0.2) is 9.84 Å². The van der Waals surface area contributed by atoms with Crippen molar-refractivity contribution in [1.82, 2.24) is 5.32 Å². The van der Waals surface area contributed by atoms with E-state index in [4.69, 9.17) is 10.1 Å². The van der Waals surface area contributed by atoms with E-state index in [1.54, 1.807) is 25.1 Å². The number of sulfone groups is 1. The Morgan fingerprint density at radius 3 is 2.57 bits per heavy atom. The van der Waals surface area contributed by atoms with Crippen molar-refractivity contribution in [3.8, 4) is 10.4 Å². The molecule has 162 valence electrons. The zero-order chi connectivity index (χ0) is 22.5. The van der Waals surface area contributed by atoms with Crippen LogP contribution >= 0.6 is 11.3 Å². The number of allylic oxidation sites excluding steroid dienone is 1. The Balaban J connectivity index is 2.39. The molecule has 2 N–H and O–H groups in total. The molecule has 0 aliphatic rings. The van der Waals surface area contributed by atoms with Gasteiger partial charge in [0.2, 0.25) is 0 Å². The SMILES string of the molecule is CCOC(=O)CN/C(=C\C(=N)C(F)(F)F)c1ccc(-c2cccc(S(C)(=O)=O)c2)s1. The van der Waals surface area contributed by atoms with E-state index < -0.39 is 27.7 Å². The molecule has 0 spiro atoms. The Kier molecular flexibility index (Phi) is 7.43. The molecule has 11 heteroatoms. The van der Waals surface area contributed by atoms with Gasteiger partial charge in [0.25, 0.3) is 0 Å². The van der Waals surface area contributed by atoms with E-state index in [2.05, 4.69) is 5.32 Å². The zero-order valence-electron chi connectivity index (χ0n) is 16.0. The minimum absolute atomic E-state index is 0.0686. The quantitative estimate of drug-likeness (QED) is 0.460. The number of alkyl halides is 3. The van der Waals surface area contributed by atoms with Crippen LogP contribution in [0.2, 0.25) is 0 Å². The lowest BCUT2D eigenvalue weighted by Crippen LogP contribution is -2.26. The third kappa shape index (κ3) is 6.42. The van der Waals surface area contributed by atoms with Crippen molar-refractivity contribution in [3.05, 3.63) is 47.4 Å². The molecule has 1 aromatic carbocycles. The van der Waals surface area contributed by atoms with Crippen LogP contribution < -0.4 is 5.32 Å². The molecule has 0 radical (unpaired) electrons. The van der Waals surface area contributed by atoms with Gasteiger partial charge in [-0.2, -0.15) is 13.2 Å². The van der Waals surface area contributed by atoms with Gasteiger partial charge in [0.1, 0.15) is 12.3 Å². The highest BCUT2D eigenvalue weighted by molar-refractivity contribution is 7.90. The average Bonchev–Trinajstić information content (AvgIpc) is 3.14. The summed E-state index contributed by atoms with van der Waals surface area (Å²) in [4.78, 5) is 12.6. The maximum Gasteiger partial charge on any atom is 0.432 e. The lowest BCUT2D eigenvalue weighted by atomic mass is 10.2. The fourth-order valence-electron chi connectivity index (χ4n) is 2.33. The van der Waals surface area contributed by atoms with E-state index in [9.17, 15) is 26.4 Å². The molecule has 0 amide bonds. The minimum atomic E-state index is -4.85. The molecule has 0 aliphatic carbocycles. The number of hydrogen-bond donors (Lipinski definition) is 2. The third-order valence-corrected chi connectivity index (χ3v) is 6.02. The van der Waals surface area contributed by atoms with Gasteiger partial charge in [0.05, 0.1) is 22.1 Å². The first-order valence-electron chi connectivity index (χ1n) is 8.59. The molecular weight excluding hydrogens is 441 g/mol. The highest BCUT2D eigenvalue weighted by Crippen LogP contribution is 2.33. The molecule has 1 heterocycles. The molecule has 0 aliphatic heterocycles. The molecule has 0 bridgehead atoms. The summed E-state index contributed by atoms with van der Waals surface area (Å²) in [7, 11) is -3.42. The molecule has 1 aromatic heterocycles. The van der Waals surface area contributed by atoms with Crippen molar-refractivity contribution < 1.29 is 31.1 Å². The Morgan fingerprint density at radius 2 is 1.97 bits per heavy atom. The van der Waals surface area contributed by atoms with E-state index in [-0.39, 0.29) is 23.7 Å². The van der Waals surface area contributed by atoms with Crippen LogP contribution in [-0.2, 0) is 19.4 Å². The van der Waals surface area contributed by atoms with Gasteiger partial charge in [-0.15, -0.1) is 11.3 Å². The second kappa shape index (κ2) is 9.43. The maximum absolute atomic E-state index is 12.8. The van der Waals surface area contributed by atoms with E-state index in [0.29, 0.717) is 21.4 Å². The first-order chi connectivity index (χ1) is 13.9. The van der Waals surface area contributed by atoms with Crippen LogP contribution in [0.3, 0.4) is 0 Å². The number of esters is 1. The predicted molar refractivity (Wildman–Crippen MR) is 109 cm³/mol. The Labute approximate surface area is 175 Å². The maximum atomic E-state index is 12.8. The normalized spacial score (nSPS) is 12.5. The summed E-state index contributed by atoms with van der Waals surface area (Å²) in [6.45, 7) is 1.35. The number of carbonyl (C=O) groups excluding carboxylic acids is 1. The van der Waals surface area contributed by atoms with Crippen LogP contribution in [0.5, 0.6) is 0 Å². The van der Waals surface area contributed by atoms with Crippen LogP contribution in [0, 0.1) is 5.41 Å². The number of carbonyl (C=O) groups is 1. The number of ether oxygens (including phenoxy) is 1. The molecule has 0 saturated heterocycles. The second-order valence-corrected chi connectivity index (χ2v) is 9.19. The highest BCUT2D eigenvalue weighted by Gasteiger charge is 2.33. The summed E-state index contributed by atoms with van der Waals surface area (Å²) in [6.07, 6.45) is -3.17. The molecule has 30 heavy (non-hydrogen) atoms. The van der Waals surface area contributed by atoms with E-state index in [0.717, 1.165) is 17.6 Å². The fourth-order valence-corrected chi connectivity index (χ4v) is 3.99. The molecule has 2 rings (SSSR count). The van der Waals surface area contributed by atoms with Crippen molar-refractivity contribution in [2.24, 2.45) is 0 Å². The van der Waals surface area contributed by atoms with Crippen LogP contribution in [0.15, 0.2) is 47.4 Å². The Bertz CT molecular complexity index is 1070. The summed E-state index contributed by atoms with van der Waals surface area (Å²) in [5, 5.41) is 9.82. The van der Waals surface area contributed by atoms with Gasteiger partial charge in [-0.3, -0.25) is 10.2 Å². The van der Waals surface area contributed by atoms with Crippen LogP contribution in [0.25, 0.3) is 16.1 Å². The lowest BCUT2D eigenvalue weighted by Gasteiger charge is -2.11. The molecule has 6 nitrogen and oxygen atoms in total. The Hall–Kier alpha value is -2.66. The second-order valence-electron chi connectivity index (χ2n) is 6.09. The van der Waals surface area contributed by atoms with Crippen LogP contribution in [-0.4, -0.2) is 45.7 Å². The van der Waals surface area contributed by atoms with E-state index >= 15 is 0 Å². The monoisotopic (exact) mass is 460 g/mol. The molecule has 0 atom stereocenters. The molecular formula is C19H19F3N2O4S2. The van der Waals surface area contributed by atoms with Crippen LogP contribution in [0.4, 0.5) is 13.2 Å². The van der Waals surface area contributed by atoms with Crippen molar-refractivity contribution in [2.75, 3.05) is 19.4 Å². The number of hydrogen-bond acceptors (Lipinski definition) is 7. The van der Waals surface area contributed by atoms with Gasteiger partial charge >= 0.3 is 12.1 Å². The summed E-state index contributed by atoms with van der Waals surface area (Å²) >= 11 is 1.09. The van der Waals surface area contributed by atoms with Gasteiger partial charge in [0, 0.05) is 11.1 Å². The number of nitrogens with one attached hydrogen (secondary N) is 2. The van der Waals surface area contributed by atoms with Gasteiger partial charge in [-0.25, -0.2) is 8.42 Å². The minimum Gasteiger partial charge on any atom is -0.465 e. The number of benzene rings is 1. The van der Waals surface area contributed by atoms with Gasteiger partial charge < -0.3 is 10.1 Å². The van der Waals surface area contributed by atoms with Gasteiger partial charge in [-0.1, -0.05) is 12.1 Å². The van der Waals surface area contributed by atoms with Crippen molar-refractivity contribution in [2.45, 2.75) is 18.0 Å². The first-order valence-corrected chi connectivity index (χ1v) is 11.3. The number of thiophene rings is 1. The Morgan fingerprint density at radius 1 is 1.27 bits per heavy atom.